The van der Waals surface area contributed by atoms with E-state index in [1.807, 2.05) is 19.9 Å². The van der Waals surface area contributed by atoms with E-state index in [2.05, 4.69) is 15.3 Å². The first-order valence-electron chi connectivity index (χ1n) is 5.90. The minimum atomic E-state index is 0.517. The lowest BCUT2D eigenvalue weighted by molar-refractivity contribution is 0.204. The van der Waals surface area contributed by atoms with Gasteiger partial charge in [-0.25, -0.2) is 9.97 Å². The van der Waals surface area contributed by atoms with Crippen molar-refractivity contribution >= 4 is 0 Å². The Labute approximate surface area is 96.4 Å². The van der Waals surface area contributed by atoms with Crippen LogP contribution in [0.4, 0.5) is 0 Å². The second kappa shape index (κ2) is 5.25. The quantitative estimate of drug-likeness (QED) is 0.839. The number of hydrogen-bond donors (Lipinski definition) is 1. The molecule has 1 aromatic heterocycles. The van der Waals surface area contributed by atoms with Gasteiger partial charge in [0.1, 0.15) is 0 Å². The van der Waals surface area contributed by atoms with Crippen molar-refractivity contribution in [2.24, 2.45) is 5.92 Å². The van der Waals surface area contributed by atoms with Crippen molar-refractivity contribution in [2.75, 3.05) is 19.7 Å². The maximum Gasteiger partial charge on any atom is 0.316 e. The van der Waals surface area contributed by atoms with Crippen LogP contribution in [0.25, 0.3) is 0 Å². The summed E-state index contributed by atoms with van der Waals surface area (Å²) < 4.78 is 5.64. The Morgan fingerprint density at radius 2 is 2.12 bits per heavy atom. The van der Waals surface area contributed by atoms with Gasteiger partial charge in [-0.2, -0.15) is 0 Å². The summed E-state index contributed by atoms with van der Waals surface area (Å²) in [6.45, 7) is 6.82. The summed E-state index contributed by atoms with van der Waals surface area (Å²) in [7, 11) is 0. The number of rotatable bonds is 3. The lowest BCUT2D eigenvalue weighted by Crippen LogP contribution is -2.33. The molecular formula is C12H19N3O. The SMILES string of the molecule is Cc1cc(C)nc(OC[C@@H]2CCCNC2)n1. The highest BCUT2D eigenvalue weighted by Crippen LogP contribution is 2.12. The van der Waals surface area contributed by atoms with Crippen LogP contribution in [0.2, 0.25) is 0 Å². The summed E-state index contributed by atoms with van der Waals surface area (Å²) in [5.74, 6) is 0.596. The third-order valence-corrected chi connectivity index (χ3v) is 2.81. The molecular weight excluding hydrogens is 202 g/mol. The maximum atomic E-state index is 5.64. The molecule has 4 nitrogen and oxygen atoms in total. The van der Waals surface area contributed by atoms with Gasteiger partial charge >= 0.3 is 6.01 Å². The molecule has 1 atom stereocenters. The molecule has 1 aliphatic heterocycles. The van der Waals surface area contributed by atoms with E-state index in [-0.39, 0.29) is 0 Å². The van der Waals surface area contributed by atoms with Gasteiger partial charge in [-0.15, -0.1) is 0 Å². The van der Waals surface area contributed by atoms with Crippen LogP contribution in [0.15, 0.2) is 6.07 Å². The van der Waals surface area contributed by atoms with Gasteiger partial charge in [0.2, 0.25) is 0 Å². The Kier molecular flexibility index (Phi) is 3.72. The number of nitrogens with one attached hydrogen (secondary N) is 1. The van der Waals surface area contributed by atoms with Crippen LogP contribution in [0, 0.1) is 19.8 Å². The zero-order chi connectivity index (χ0) is 11.4. The highest BCUT2D eigenvalue weighted by Gasteiger charge is 2.14. The number of hydrogen-bond acceptors (Lipinski definition) is 4. The first-order chi connectivity index (χ1) is 7.74. The highest BCUT2D eigenvalue weighted by atomic mass is 16.5. The third-order valence-electron chi connectivity index (χ3n) is 2.81. The first kappa shape index (κ1) is 11.3. The fraction of sp³-hybridized carbons (Fsp3) is 0.667. The molecule has 0 aliphatic carbocycles. The summed E-state index contributed by atoms with van der Waals surface area (Å²) in [5, 5.41) is 3.37. The average molecular weight is 221 g/mol. The van der Waals surface area contributed by atoms with Crippen molar-refractivity contribution in [1.29, 1.82) is 0 Å². The molecule has 0 radical (unpaired) electrons. The number of aromatic nitrogens is 2. The van der Waals surface area contributed by atoms with Crippen molar-refractivity contribution < 1.29 is 4.74 Å². The van der Waals surface area contributed by atoms with E-state index in [4.69, 9.17) is 4.74 Å². The van der Waals surface area contributed by atoms with Gasteiger partial charge in [-0.1, -0.05) is 0 Å². The van der Waals surface area contributed by atoms with Crippen molar-refractivity contribution in [3.8, 4) is 6.01 Å². The van der Waals surface area contributed by atoms with E-state index in [0.717, 1.165) is 31.1 Å². The van der Waals surface area contributed by atoms with E-state index in [0.29, 0.717) is 11.9 Å². The van der Waals surface area contributed by atoms with Gasteiger partial charge in [0.15, 0.2) is 0 Å². The molecule has 1 saturated heterocycles. The largest absolute Gasteiger partial charge is 0.463 e. The number of ether oxygens (including phenoxy) is 1. The van der Waals surface area contributed by atoms with Gasteiger partial charge in [0.05, 0.1) is 6.61 Å². The van der Waals surface area contributed by atoms with E-state index < -0.39 is 0 Å². The van der Waals surface area contributed by atoms with Crippen molar-refractivity contribution in [3.05, 3.63) is 17.5 Å². The lowest BCUT2D eigenvalue weighted by Gasteiger charge is -2.22. The maximum absolute atomic E-state index is 5.64. The fourth-order valence-corrected chi connectivity index (χ4v) is 2.02. The van der Waals surface area contributed by atoms with Crippen molar-refractivity contribution in [1.82, 2.24) is 15.3 Å². The summed E-state index contributed by atoms with van der Waals surface area (Å²) in [6, 6.07) is 2.47. The Balaban J connectivity index is 1.88. The average Bonchev–Trinajstić information content (AvgIpc) is 2.27. The molecule has 88 valence electrons. The van der Waals surface area contributed by atoms with E-state index in [1.165, 1.54) is 12.8 Å². The van der Waals surface area contributed by atoms with Crippen LogP contribution in [-0.2, 0) is 0 Å². The predicted molar refractivity (Wildman–Crippen MR) is 62.6 cm³/mol. The van der Waals surface area contributed by atoms with Crippen molar-refractivity contribution in [2.45, 2.75) is 26.7 Å². The summed E-state index contributed by atoms with van der Waals surface area (Å²) in [4.78, 5) is 8.53. The number of nitrogens with zero attached hydrogens (tertiary/aromatic N) is 2. The molecule has 0 amide bonds. The zero-order valence-electron chi connectivity index (χ0n) is 9.99. The molecule has 0 bridgehead atoms. The van der Waals surface area contributed by atoms with Crippen LogP contribution >= 0.6 is 0 Å². The Hall–Kier alpha value is -1.16. The fourth-order valence-electron chi connectivity index (χ4n) is 2.02. The van der Waals surface area contributed by atoms with Gasteiger partial charge < -0.3 is 10.1 Å². The van der Waals surface area contributed by atoms with Crippen molar-refractivity contribution in [3.63, 3.8) is 0 Å². The van der Waals surface area contributed by atoms with Crippen LogP contribution in [0.1, 0.15) is 24.2 Å². The summed E-state index contributed by atoms with van der Waals surface area (Å²) >= 11 is 0. The van der Waals surface area contributed by atoms with Crippen LogP contribution in [-0.4, -0.2) is 29.7 Å². The third kappa shape index (κ3) is 3.17. The minimum Gasteiger partial charge on any atom is -0.463 e. The molecule has 16 heavy (non-hydrogen) atoms. The monoisotopic (exact) mass is 221 g/mol. The molecule has 0 unspecified atom stereocenters. The molecule has 4 heteroatoms. The zero-order valence-corrected chi connectivity index (χ0v) is 9.99. The second-order valence-corrected chi connectivity index (χ2v) is 4.46. The normalized spacial score (nSPS) is 20.8. The number of piperidine rings is 1. The van der Waals surface area contributed by atoms with E-state index >= 15 is 0 Å². The van der Waals surface area contributed by atoms with Gasteiger partial charge in [0, 0.05) is 23.9 Å². The number of aryl methyl sites for hydroxylation is 2. The first-order valence-corrected chi connectivity index (χ1v) is 5.90. The molecule has 1 fully saturated rings. The molecule has 2 heterocycles. The molecule has 1 aromatic rings. The molecule has 1 aliphatic rings. The van der Waals surface area contributed by atoms with Gasteiger partial charge in [-0.05, 0) is 39.3 Å². The molecule has 0 aromatic carbocycles. The predicted octanol–water partition coefficient (Wildman–Crippen LogP) is 1.47. The van der Waals surface area contributed by atoms with Gasteiger partial charge in [0.25, 0.3) is 0 Å². The van der Waals surface area contributed by atoms with E-state index in [1.54, 1.807) is 0 Å². The smallest absolute Gasteiger partial charge is 0.316 e. The summed E-state index contributed by atoms with van der Waals surface area (Å²) in [5.41, 5.74) is 1.92. The van der Waals surface area contributed by atoms with Gasteiger partial charge in [-0.3, -0.25) is 0 Å². The Morgan fingerprint density at radius 3 is 2.75 bits per heavy atom. The Bertz CT molecular complexity index is 328. The summed E-state index contributed by atoms with van der Waals surface area (Å²) in [6.07, 6.45) is 2.47. The topological polar surface area (TPSA) is 47.0 Å². The molecule has 1 N–H and O–H groups in total. The lowest BCUT2D eigenvalue weighted by atomic mass is 10.0. The van der Waals surface area contributed by atoms with Crippen LogP contribution in [0.5, 0.6) is 6.01 Å². The van der Waals surface area contributed by atoms with E-state index in [9.17, 15) is 0 Å². The molecule has 0 saturated carbocycles. The molecule has 2 rings (SSSR count). The second-order valence-electron chi connectivity index (χ2n) is 4.46. The minimum absolute atomic E-state index is 0.517. The van der Waals surface area contributed by atoms with Crippen LogP contribution in [0.3, 0.4) is 0 Å². The van der Waals surface area contributed by atoms with Crippen LogP contribution < -0.4 is 10.1 Å². The molecule has 0 spiro atoms. The highest BCUT2D eigenvalue weighted by molar-refractivity contribution is 5.10. The Morgan fingerprint density at radius 1 is 1.38 bits per heavy atom. The standard InChI is InChI=1S/C12H19N3O/c1-9-6-10(2)15-12(14-9)16-8-11-4-3-5-13-7-11/h6,11,13H,3-5,7-8H2,1-2H3/t11-/m1/s1.